The van der Waals surface area contributed by atoms with E-state index in [0.29, 0.717) is 37.3 Å². The molecule has 38 heavy (non-hydrogen) atoms. The lowest BCUT2D eigenvalue weighted by Crippen LogP contribution is -2.46. The molecule has 0 fully saturated rings. The second-order valence-corrected chi connectivity index (χ2v) is 8.91. The molecule has 1 heterocycles. The fourth-order valence-corrected chi connectivity index (χ4v) is 4.31. The van der Waals surface area contributed by atoms with Crippen LogP contribution in [0.1, 0.15) is 17.5 Å². The molecular formula is C30H33N3O5. The van der Waals surface area contributed by atoms with Crippen LogP contribution in [0.5, 0.6) is 17.2 Å². The van der Waals surface area contributed by atoms with Crippen LogP contribution in [0.3, 0.4) is 0 Å². The average molecular weight is 516 g/mol. The van der Waals surface area contributed by atoms with Crippen LogP contribution in [0.4, 0.5) is 0 Å². The molecule has 0 aliphatic rings. The Morgan fingerprint density at radius 1 is 0.842 bits per heavy atom. The van der Waals surface area contributed by atoms with Gasteiger partial charge in [0.2, 0.25) is 5.91 Å². The first kappa shape index (κ1) is 26.6. The molecule has 0 spiro atoms. The Labute approximate surface area is 222 Å². The van der Waals surface area contributed by atoms with Crippen molar-refractivity contribution in [3.05, 3.63) is 90.1 Å². The number of H-pyrrole nitrogens is 1. The molecule has 4 aromatic rings. The molecule has 0 saturated heterocycles. The zero-order chi connectivity index (χ0) is 26.7. The minimum Gasteiger partial charge on any atom is -0.497 e. The summed E-state index contributed by atoms with van der Waals surface area (Å²) in [4.78, 5) is 28.7. The number of aromatic amines is 1. The number of fused-ring (bicyclic) bond motifs is 1. The summed E-state index contributed by atoms with van der Waals surface area (Å²) in [6.07, 6.45) is 3.37. The Kier molecular flexibility index (Phi) is 9.23. The van der Waals surface area contributed by atoms with Crippen molar-refractivity contribution in [2.75, 3.05) is 27.4 Å². The van der Waals surface area contributed by atoms with Crippen LogP contribution < -0.4 is 24.8 Å². The van der Waals surface area contributed by atoms with E-state index in [1.165, 1.54) is 0 Å². The second kappa shape index (κ2) is 13.2. The molecule has 8 nitrogen and oxygen atoms in total. The van der Waals surface area contributed by atoms with Crippen LogP contribution >= 0.6 is 0 Å². The first-order valence-corrected chi connectivity index (χ1v) is 12.6. The largest absolute Gasteiger partial charge is 0.497 e. The summed E-state index contributed by atoms with van der Waals surface area (Å²) in [5.41, 5.74) is 3.06. The third kappa shape index (κ3) is 7.29. The van der Waals surface area contributed by atoms with Crippen molar-refractivity contribution in [3.63, 3.8) is 0 Å². The highest BCUT2D eigenvalue weighted by molar-refractivity contribution is 5.83. The molecule has 0 bridgehead atoms. The molecule has 0 aliphatic carbocycles. The van der Waals surface area contributed by atoms with E-state index in [9.17, 15) is 9.59 Å². The van der Waals surface area contributed by atoms with E-state index in [2.05, 4.69) is 15.6 Å². The molecule has 1 aromatic heterocycles. The van der Waals surface area contributed by atoms with Gasteiger partial charge in [0.15, 0.2) is 6.61 Å². The van der Waals surface area contributed by atoms with E-state index in [0.717, 1.165) is 27.8 Å². The highest BCUT2D eigenvalue weighted by Crippen LogP contribution is 2.20. The van der Waals surface area contributed by atoms with Gasteiger partial charge in [-0.1, -0.05) is 36.4 Å². The molecule has 2 amide bonds. The number of hydrogen-bond donors (Lipinski definition) is 3. The number of aromatic nitrogens is 1. The highest BCUT2D eigenvalue weighted by atomic mass is 16.5. The zero-order valence-corrected chi connectivity index (χ0v) is 21.7. The standard InChI is InChI=1S/C30H33N3O5/c1-36-24-12-14-25(15-13-24)38-20-30(35)33-23(17-22-18-31-27-9-5-4-8-26(22)27)19-32-29(34)16-11-21-7-3-6-10-28(21)37-2/h3-10,12-15,18,23,31H,11,16-17,19-20H2,1-2H3,(H,32,34)(H,33,35)/t23-/m1/s1. The van der Waals surface area contributed by atoms with Gasteiger partial charge in [-0.2, -0.15) is 0 Å². The number of carbonyl (C=O) groups is 2. The van der Waals surface area contributed by atoms with Crippen molar-refractivity contribution in [2.24, 2.45) is 0 Å². The summed E-state index contributed by atoms with van der Waals surface area (Å²) < 4.78 is 16.2. The number of carbonyl (C=O) groups excluding carboxylic acids is 2. The minimum atomic E-state index is -0.323. The van der Waals surface area contributed by atoms with E-state index in [4.69, 9.17) is 14.2 Å². The number of rotatable bonds is 13. The number of benzene rings is 3. The normalized spacial score (nSPS) is 11.5. The predicted octanol–water partition coefficient (Wildman–Crippen LogP) is 4.04. The van der Waals surface area contributed by atoms with Gasteiger partial charge in [0, 0.05) is 30.1 Å². The molecule has 1 atom stereocenters. The summed E-state index contributed by atoms with van der Waals surface area (Å²) >= 11 is 0. The maximum Gasteiger partial charge on any atom is 0.258 e. The predicted molar refractivity (Wildman–Crippen MR) is 147 cm³/mol. The molecule has 3 aromatic carbocycles. The first-order chi connectivity index (χ1) is 18.6. The quantitative estimate of drug-likeness (QED) is 0.250. The lowest BCUT2D eigenvalue weighted by Gasteiger charge is -2.20. The maximum atomic E-state index is 12.8. The summed E-state index contributed by atoms with van der Waals surface area (Å²) in [6.45, 7) is 0.150. The van der Waals surface area contributed by atoms with E-state index in [1.54, 1.807) is 38.5 Å². The monoisotopic (exact) mass is 515 g/mol. The third-order valence-electron chi connectivity index (χ3n) is 6.30. The second-order valence-electron chi connectivity index (χ2n) is 8.91. The zero-order valence-electron chi connectivity index (χ0n) is 21.7. The molecule has 0 unspecified atom stereocenters. The number of para-hydroxylation sites is 2. The van der Waals surface area contributed by atoms with E-state index >= 15 is 0 Å². The lowest BCUT2D eigenvalue weighted by atomic mass is 10.0. The fraction of sp³-hybridized carbons (Fsp3) is 0.267. The van der Waals surface area contributed by atoms with Gasteiger partial charge in [-0.05, 0) is 60.4 Å². The molecule has 0 saturated carbocycles. The number of hydrogen-bond acceptors (Lipinski definition) is 5. The minimum absolute atomic E-state index is 0.0939. The van der Waals surface area contributed by atoms with Crippen molar-refractivity contribution >= 4 is 22.7 Å². The van der Waals surface area contributed by atoms with E-state index in [-0.39, 0.29) is 24.5 Å². The Morgan fingerprint density at radius 2 is 1.58 bits per heavy atom. The van der Waals surface area contributed by atoms with Crippen LogP contribution in [-0.4, -0.2) is 50.2 Å². The van der Waals surface area contributed by atoms with Crippen molar-refractivity contribution in [1.29, 1.82) is 0 Å². The van der Waals surface area contributed by atoms with Gasteiger partial charge in [-0.25, -0.2) is 0 Å². The number of amides is 2. The van der Waals surface area contributed by atoms with Crippen molar-refractivity contribution in [1.82, 2.24) is 15.6 Å². The van der Waals surface area contributed by atoms with Gasteiger partial charge >= 0.3 is 0 Å². The molecule has 3 N–H and O–H groups in total. The van der Waals surface area contributed by atoms with Crippen molar-refractivity contribution in [3.8, 4) is 17.2 Å². The first-order valence-electron chi connectivity index (χ1n) is 12.6. The average Bonchev–Trinajstić information content (AvgIpc) is 3.36. The Balaban J connectivity index is 1.36. The van der Waals surface area contributed by atoms with Crippen LogP contribution in [0, 0.1) is 0 Å². The third-order valence-corrected chi connectivity index (χ3v) is 6.30. The summed E-state index contributed by atoms with van der Waals surface area (Å²) in [5.74, 6) is 1.68. The van der Waals surface area contributed by atoms with Crippen LogP contribution in [0.25, 0.3) is 10.9 Å². The molecule has 8 heteroatoms. The number of methoxy groups -OCH3 is 2. The number of nitrogens with one attached hydrogen (secondary N) is 3. The maximum absolute atomic E-state index is 12.8. The van der Waals surface area contributed by atoms with Crippen LogP contribution in [0.15, 0.2) is 79.0 Å². The van der Waals surface area contributed by atoms with Crippen LogP contribution in [-0.2, 0) is 22.4 Å². The Morgan fingerprint density at radius 3 is 2.37 bits per heavy atom. The Bertz CT molecular complexity index is 1350. The molecule has 0 radical (unpaired) electrons. The lowest BCUT2D eigenvalue weighted by molar-refractivity contribution is -0.125. The Hall–Kier alpha value is -4.46. The highest BCUT2D eigenvalue weighted by Gasteiger charge is 2.17. The number of ether oxygens (including phenoxy) is 3. The van der Waals surface area contributed by atoms with Gasteiger partial charge < -0.3 is 29.8 Å². The summed E-state index contributed by atoms with van der Waals surface area (Å²) in [6, 6.07) is 22.4. The van der Waals surface area contributed by atoms with Gasteiger partial charge in [-0.15, -0.1) is 0 Å². The number of aryl methyl sites for hydroxylation is 1. The van der Waals surface area contributed by atoms with Crippen molar-refractivity contribution in [2.45, 2.75) is 25.3 Å². The summed E-state index contributed by atoms with van der Waals surface area (Å²) in [7, 11) is 3.21. The molecule has 198 valence electrons. The summed E-state index contributed by atoms with van der Waals surface area (Å²) in [5, 5.41) is 7.09. The molecule has 4 rings (SSSR count). The van der Waals surface area contributed by atoms with Crippen LogP contribution in [0.2, 0.25) is 0 Å². The van der Waals surface area contributed by atoms with Crippen molar-refractivity contribution < 1.29 is 23.8 Å². The van der Waals surface area contributed by atoms with Gasteiger partial charge in [0.1, 0.15) is 17.2 Å². The molecular weight excluding hydrogens is 482 g/mol. The smallest absolute Gasteiger partial charge is 0.258 e. The van der Waals surface area contributed by atoms with Gasteiger partial charge in [0.25, 0.3) is 5.91 Å². The van der Waals surface area contributed by atoms with Gasteiger partial charge in [-0.3, -0.25) is 9.59 Å². The SMILES string of the molecule is COc1ccc(OCC(=O)N[C@@H](CNC(=O)CCc2ccccc2OC)Cc2c[nH]c3ccccc23)cc1. The fourth-order valence-electron chi connectivity index (χ4n) is 4.31. The van der Waals surface area contributed by atoms with Gasteiger partial charge in [0.05, 0.1) is 20.3 Å². The van der Waals surface area contributed by atoms with E-state index < -0.39 is 0 Å². The van der Waals surface area contributed by atoms with E-state index in [1.807, 2.05) is 54.7 Å². The molecule has 0 aliphatic heterocycles. The topological polar surface area (TPSA) is 102 Å².